The Bertz CT molecular complexity index is 393. The highest BCUT2D eigenvalue weighted by Crippen LogP contribution is 2.31. The maximum Gasteiger partial charge on any atom is 0.320 e. The second-order valence-electron chi connectivity index (χ2n) is 4.25. The molecule has 3 nitrogen and oxygen atoms in total. The summed E-state index contributed by atoms with van der Waals surface area (Å²) in [6, 6.07) is 1.21. The summed E-state index contributed by atoms with van der Waals surface area (Å²) in [6.45, 7) is 4.41. The molecule has 0 radical (unpaired) electrons. The Morgan fingerprint density at radius 3 is 2.59 bits per heavy atom. The predicted molar refractivity (Wildman–Crippen MR) is 72.1 cm³/mol. The van der Waals surface area contributed by atoms with Gasteiger partial charge in [-0.2, -0.15) is 0 Å². The Hall–Kier alpha value is -0.290. The average molecular weight is 296 g/mol. The second kappa shape index (κ2) is 6.59. The van der Waals surface area contributed by atoms with E-state index in [0.29, 0.717) is 27.6 Å². The van der Waals surface area contributed by atoms with Gasteiger partial charge in [0.05, 0.1) is 8.67 Å². The van der Waals surface area contributed by atoms with Crippen molar-refractivity contribution in [3.05, 3.63) is 20.3 Å². The van der Waals surface area contributed by atoms with Crippen LogP contribution in [0.25, 0.3) is 0 Å². The third-order valence-corrected chi connectivity index (χ3v) is 3.84. The molecule has 96 valence electrons. The van der Waals surface area contributed by atoms with E-state index in [1.54, 1.807) is 6.07 Å². The summed E-state index contributed by atoms with van der Waals surface area (Å²) >= 11 is 13.1. The van der Waals surface area contributed by atoms with Crippen LogP contribution in [0.4, 0.5) is 0 Å². The number of nitrogens with one attached hydrogen (secondary N) is 1. The number of carboxylic acids is 1. The molecule has 0 fully saturated rings. The Morgan fingerprint density at radius 2 is 2.18 bits per heavy atom. The molecule has 6 heteroatoms. The average Bonchev–Trinajstić information content (AvgIpc) is 2.51. The molecule has 2 N–H and O–H groups in total. The lowest BCUT2D eigenvalue weighted by Gasteiger charge is -2.16. The Labute approximate surface area is 115 Å². The molecule has 17 heavy (non-hydrogen) atoms. The molecule has 1 unspecified atom stereocenters. The molecule has 0 saturated carbocycles. The summed E-state index contributed by atoms with van der Waals surface area (Å²) in [5, 5.41) is 12.0. The number of hydrogen-bond acceptors (Lipinski definition) is 3. The fraction of sp³-hybridized carbons (Fsp3) is 0.545. The van der Waals surface area contributed by atoms with E-state index in [4.69, 9.17) is 28.3 Å². The molecule has 0 bridgehead atoms. The van der Waals surface area contributed by atoms with Gasteiger partial charge in [-0.1, -0.05) is 37.0 Å². The van der Waals surface area contributed by atoms with Crippen molar-refractivity contribution in [2.24, 2.45) is 5.92 Å². The van der Waals surface area contributed by atoms with E-state index < -0.39 is 12.0 Å². The third kappa shape index (κ3) is 4.84. The molecule has 0 aliphatic rings. The molecule has 0 saturated heterocycles. The van der Waals surface area contributed by atoms with Crippen LogP contribution in [0.15, 0.2) is 6.07 Å². The molecule has 1 aromatic heterocycles. The Morgan fingerprint density at radius 1 is 1.53 bits per heavy atom. The van der Waals surface area contributed by atoms with Gasteiger partial charge in [0.25, 0.3) is 0 Å². The maximum atomic E-state index is 11.0. The SMILES string of the molecule is CC(C)CC(NCc1cc(Cl)sc1Cl)C(=O)O. The predicted octanol–water partition coefficient (Wildman–Crippen LogP) is 3.64. The number of halogens is 2. The van der Waals surface area contributed by atoms with Crippen LogP contribution in [-0.4, -0.2) is 17.1 Å². The molecule has 1 rings (SSSR count). The van der Waals surface area contributed by atoms with E-state index in [1.807, 2.05) is 13.8 Å². The molecule has 1 heterocycles. The van der Waals surface area contributed by atoms with Gasteiger partial charge in [0.2, 0.25) is 0 Å². The monoisotopic (exact) mass is 295 g/mol. The number of rotatable bonds is 6. The van der Waals surface area contributed by atoms with Crippen molar-refractivity contribution in [1.29, 1.82) is 0 Å². The van der Waals surface area contributed by atoms with E-state index in [0.717, 1.165) is 5.56 Å². The second-order valence-corrected chi connectivity index (χ2v) is 6.54. The number of aliphatic carboxylic acids is 1. The van der Waals surface area contributed by atoms with E-state index >= 15 is 0 Å². The van der Waals surface area contributed by atoms with Gasteiger partial charge in [-0.15, -0.1) is 11.3 Å². The zero-order chi connectivity index (χ0) is 13.0. The number of carbonyl (C=O) groups is 1. The van der Waals surface area contributed by atoms with Crippen LogP contribution >= 0.6 is 34.5 Å². The van der Waals surface area contributed by atoms with Crippen LogP contribution in [0.5, 0.6) is 0 Å². The first-order chi connectivity index (χ1) is 7.90. The van der Waals surface area contributed by atoms with Crippen molar-refractivity contribution >= 4 is 40.5 Å². The van der Waals surface area contributed by atoms with E-state index in [-0.39, 0.29) is 0 Å². The summed E-state index contributed by atoms with van der Waals surface area (Å²) in [6.07, 6.45) is 0.588. The maximum absolute atomic E-state index is 11.0. The molecule has 0 spiro atoms. The highest BCUT2D eigenvalue weighted by molar-refractivity contribution is 7.20. The van der Waals surface area contributed by atoms with Crippen LogP contribution in [0.3, 0.4) is 0 Å². The highest BCUT2D eigenvalue weighted by Gasteiger charge is 2.18. The van der Waals surface area contributed by atoms with Crippen LogP contribution in [-0.2, 0) is 11.3 Å². The largest absolute Gasteiger partial charge is 0.480 e. The van der Waals surface area contributed by atoms with Crippen molar-refractivity contribution in [1.82, 2.24) is 5.32 Å². The van der Waals surface area contributed by atoms with Crippen molar-refractivity contribution in [2.45, 2.75) is 32.9 Å². The fourth-order valence-electron chi connectivity index (χ4n) is 1.47. The summed E-state index contributed by atoms with van der Waals surface area (Å²) in [7, 11) is 0. The third-order valence-electron chi connectivity index (χ3n) is 2.27. The van der Waals surface area contributed by atoms with Crippen molar-refractivity contribution in [2.75, 3.05) is 0 Å². The first-order valence-corrected chi connectivity index (χ1v) is 6.87. The fourth-order valence-corrected chi connectivity index (χ4v) is 2.96. The van der Waals surface area contributed by atoms with Gasteiger partial charge >= 0.3 is 5.97 Å². The van der Waals surface area contributed by atoms with Gasteiger partial charge in [-0.05, 0) is 24.0 Å². The summed E-state index contributed by atoms with van der Waals surface area (Å²) in [4.78, 5) is 11.0. The first-order valence-electron chi connectivity index (χ1n) is 5.30. The number of carboxylic acid groups (broad SMARTS) is 1. The van der Waals surface area contributed by atoms with Gasteiger partial charge in [-0.3, -0.25) is 4.79 Å². The van der Waals surface area contributed by atoms with Crippen LogP contribution in [0.1, 0.15) is 25.8 Å². The lowest BCUT2D eigenvalue weighted by Crippen LogP contribution is -2.37. The Kier molecular flexibility index (Phi) is 5.73. The lowest BCUT2D eigenvalue weighted by atomic mass is 10.0. The van der Waals surface area contributed by atoms with Gasteiger partial charge in [0, 0.05) is 6.54 Å². The number of hydrogen-bond donors (Lipinski definition) is 2. The minimum atomic E-state index is -0.837. The standard InChI is InChI=1S/C11H15Cl2NO2S/c1-6(2)3-8(11(15)16)14-5-7-4-9(12)17-10(7)13/h4,6,8,14H,3,5H2,1-2H3,(H,15,16). The Balaban J connectivity index is 2.57. The normalized spacial score (nSPS) is 13.0. The molecule has 0 aliphatic carbocycles. The molecular formula is C11H15Cl2NO2S. The van der Waals surface area contributed by atoms with E-state index in [1.165, 1.54) is 11.3 Å². The minimum absolute atomic E-state index is 0.324. The zero-order valence-electron chi connectivity index (χ0n) is 9.67. The highest BCUT2D eigenvalue weighted by atomic mass is 35.5. The van der Waals surface area contributed by atoms with Crippen molar-refractivity contribution < 1.29 is 9.90 Å². The van der Waals surface area contributed by atoms with Crippen molar-refractivity contribution in [3.63, 3.8) is 0 Å². The van der Waals surface area contributed by atoms with Crippen LogP contribution in [0.2, 0.25) is 8.67 Å². The van der Waals surface area contributed by atoms with Gasteiger partial charge < -0.3 is 10.4 Å². The molecule has 1 atom stereocenters. The minimum Gasteiger partial charge on any atom is -0.480 e. The van der Waals surface area contributed by atoms with Gasteiger partial charge in [0.1, 0.15) is 6.04 Å². The summed E-state index contributed by atoms with van der Waals surface area (Å²) in [5.74, 6) is -0.513. The topological polar surface area (TPSA) is 49.3 Å². The summed E-state index contributed by atoms with van der Waals surface area (Å²) < 4.78 is 1.22. The van der Waals surface area contributed by atoms with Crippen LogP contribution < -0.4 is 5.32 Å². The van der Waals surface area contributed by atoms with Crippen LogP contribution in [0, 0.1) is 5.92 Å². The lowest BCUT2D eigenvalue weighted by molar-refractivity contribution is -0.140. The van der Waals surface area contributed by atoms with E-state index in [9.17, 15) is 4.79 Å². The van der Waals surface area contributed by atoms with Crippen molar-refractivity contribution in [3.8, 4) is 0 Å². The molecular weight excluding hydrogens is 281 g/mol. The molecule has 0 amide bonds. The molecule has 0 aliphatic heterocycles. The number of thiophene rings is 1. The van der Waals surface area contributed by atoms with Gasteiger partial charge in [-0.25, -0.2) is 0 Å². The van der Waals surface area contributed by atoms with E-state index in [2.05, 4.69) is 5.32 Å². The van der Waals surface area contributed by atoms with Gasteiger partial charge in [0.15, 0.2) is 0 Å². The zero-order valence-corrected chi connectivity index (χ0v) is 12.0. The smallest absolute Gasteiger partial charge is 0.320 e. The quantitative estimate of drug-likeness (QED) is 0.842. The summed E-state index contributed by atoms with van der Waals surface area (Å²) in [5.41, 5.74) is 0.844. The first kappa shape index (κ1) is 14.8. The molecule has 0 aromatic carbocycles. The molecule has 1 aromatic rings.